The third-order valence-corrected chi connectivity index (χ3v) is 5.37. The first kappa shape index (κ1) is 18.9. The average molecular weight is 384 g/mol. The molecular weight excluding hydrogens is 364 g/mol. The number of hydrogen-bond acceptors (Lipinski definition) is 5. The molecule has 27 heavy (non-hydrogen) atoms. The largest absolute Gasteiger partial charge is 0.493 e. The van der Waals surface area contributed by atoms with Crippen molar-refractivity contribution in [1.29, 1.82) is 0 Å². The number of carbonyl (C=O) groups excluding carboxylic acids is 1. The zero-order valence-corrected chi connectivity index (χ0v) is 15.9. The second-order valence-electron chi connectivity index (χ2n) is 6.29. The van der Waals surface area contributed by atoms with E-state index in [2.05, 4.69) is 0 Å². The molecule has 0 aliphatic heterocycles. The Bertz CT molecular complexity index is 961. The van der Waals surface area contributed by atoms with Crippen molar-refractivity contribution in [3.8, 4) is 11.5 Å². The van der Waals surface area contributed by atoms with Gasteiger partial charge in [-0.25, -0.2) is 0 Å². The average Bonchev–Trinajstić information content (AvgIpc) is 3.09. The fourth-order valence-electron chi connectivity index (χ4n) is 2.66. The standard InChI is InChI=1S/C21H20O5S/c1-13(21(23)24)8-16(22)20-10-15-9-17(25-2)18(11-19(15)27-20)26-12-14-6-4-3-5-7-14/h3-7,9-11,13H,8,12H2,1-2H3,(H,23,24). The van der Waals surface area contributed by atoms with Gasteiger partial charge in [-0.15, -0.1) is 11.3 Å². The SMILES string of the molecule is COc1cc2cc(C(=O)CC(C)C(=O)O)sc2cc1OCc1ccccc1. The summed E-state index contributed by atoms with van der Waals surface area (Å²) in [6, 6.07) is 15.3. The second-order valence-corrected chi connectivity index (χ2v) is 7.38. The first-order valence-corrected chi connectivity index (χ1v) is 9.34. The maximum atomic E-state index is 12.4. The van der Waals surface area contributed by atoms with Gasteiger partial charge in [0.1, 0.15) is 6.61 Å². The van der Waals surface area contributed by atoms with Crippen LogP contribution in [0.2, 0.25) is 0 Å². The van der Waals surface area contributed by atoms with Crippen LogP contribution in [0.15, 0.2) is 48.5 Å². The molecule has 1 aromatic heterocycles. The maximum absolute atomic E-state index is 12.4. The van der Waals surface area contributed by atoms with Crippen LogP contribution in [-0.2, 0) is 11.4 Å². The Balaban J connectivity index is 1.83. The summed E-state index contributed by atoms with van der Waals surface area (Å²) in [7, 11) is 1.57. The van der Waals surface area contributed by atoms with Crippen LogP contribution in [0.5, 0.6) is 11.5 Å². The Morgan fingerprint density at radius 3 is 2.52 bits per heavy atom. The van der Waals surface area contributed by atoms with E-state index < -0.39 is 11.9 Å². The van der Waals surface area contributed by atoms with Gasteiger partial charge in [-0.3, -0.25) is 9.59 Å². The van der Waals surface area contributed by atoms with Crippen molar-refractivity contribution < 1.29 is 24.2 Å². The van der Waals surface area contributed by atoms with Crippen molar-refractivity contribution in [2.75, 3.05) is 7.11 Å². The molecule has 3 rings (SSSR count). The number of methoxy groups -OCH3 is 1. The van der Waals surface area contributed by atoms with Gasteiger partial charge >= 0.3 is 5.97 Å². The number of carboxylic acids is 1. The van der Waals surface area contributed by atoms with Crippen LogP contribution in [0, 0.1) is 5.92 Å². The maximum Gasteiger partial charge on any atom is 0.306 e. The molecule has 1 heterocycles. The van der Waals surface area contributed by atoms with E-state index in [0.29, 0.717) is 23.0 Å². The van der Waals surface area contributed by atoms with Crippen molar-refractivity contribution in [3.63, 3.8) is 0 Å². The zero-order valence-electron chi connectivity index (χ0n) is 15.1. The molecule has 0 aliphatic rings. The molecular formula is C21H20O5S. The molecule has 0 saturated carbocycles. The van der Waals surface area contributed by atoms with E-state index in [1.165, 1.54) is 18.3 Å². The Kier molecular flexibility index (Phi) is 5.76. The molecule has 5 nitrogen and oxygen atoms in total. The number of fused-ring (bicyclic) bond motifs is 1. The Morgan fingerprint density at radius 1 is 1.11 bits per heavy atom. The summed E-state index contributed by atoms with van der Waals surface area (Å²) in [6.45, 7) is 1.95. The number of thiophene rings is 1. The number of ether oxygens (including phenoxy) is 2. The smallest absolute Gasteiger partial charge is 0.306 e. The van der Waals surface area contributed by atoms with Crippen LogP contribution in [0.4, 0.5) is 0 Å². The molecule has 0 fully saturated rings. The number of aliphatic carboxylic acids is 1. The fraction of sp³-hybridized carbons (Fsp3) is 0.238. The molecule has 0 radical (unpaired) electrons. The molecule has 6 heteroatoms. The number of hydrogen-bond donors (Lipinski definition) is 1. The topological polar surface area (TPSA) is 72.8 Å². The van der Waals surface area contributed by atoms with Gasteiger partial charge in [0.2, 0.25) is 0 Å². The highest BCUT2D eigenvalue weighted by Crippen LogP contribution is 2.37. The zero-order chi connectivity index (χ0) is 19.4. The van der Waals surface area contributed by atoms with Gasteiger partial charge in [0.05, 0.1) is 17.9 Å². The van der Waals surface area contributed by atoms with Crippen LogP contribution in [0.1, 0.15) is 28.6 Å². The summed E-state index contributed by atoms with van der Waals surface area (Å²) in [6.07, 6.45) is -0.0172. The van der Waals surface area contributed by atoms with Crippen LogP contribution >= 0.6 is 11.3 Å². The van der Waals surface area contributed by atoms with Crippen molar-refractivity contribution in [1.82, 2.24) is 0 Å². The highest BCUT2D eigenvalue weighted by atomic mass is 32.1. The highest BCUT2D eigenvalue weighted by molar-refractivity contribution is 7.20. The first-order valence-electron chi connectivity index (χ1n) is 8.52. The molecule has 3 aromatic rings. The van der Waals surface area contributed by atoms with Crippen LogP contribution < -0.4 is 9.47 Å². The van der Waals surface area contributed by atoms with Gasteiger partial charge in [0.25, 0.3) is 0 Å². The van der Waals surface area contributed by atoms with Crippen molar-refractivity contribution in [3.05, 3.63) is 59.0 Å². The van der Waals surface area contributed by atoms with Crippen LogP contribution in [-0.4, -0.2) is 24.0 Å². The van der Waals surface area contributed by atoms with Crippen LogP contribution in [0.25, 0.3) is 10.1 Å². The number of benzene rings is 2. The molecule has 1 N–H and O–H groups in total. The molecule has 0 spiro atoms. The lowest BCUT2D eigenvalue weighted by Crippen LogP contribution is -2.13. The van der Waals surface area contributed by atoms with Gasteiger partial charge in [0.15, 0.2) is 17.3 Å². The molecule has 0 bridgehead atoms. The van der Waals surface area contributed by atoms with Gasteiger partial charge in [-0.2, -0.15) is 0 Å². The first-order chi connectivity index (χ1) is 13.0. The molecule has 140 valence electrons. The fourth-order valence-corrected chi connectivity index (χ4v) is 3.68. The lowest BCUT2D eigenvalue weighted by atomic mass is 10.0. The van der Waals surface area contributed by atoms with E-state index in [1.807, 2.05) is 42.5 Å². The molecule has 0 saturated heterocycles. The number of rotatable bonds is 8. The Labute approximate surface area is 161 Å². The van der Waals surface area contributed by atoms with Gasteiger partial charge in [0, 0.05) is 17.2 Å². The molecule has 0 aliphatic carbocycles. The molecule has 0 amide bonds. The third kappa shape index (κ3) is 4.46. The number of carboxylic acid groups (broad SMARTS) is 1. The summed E-state index contributed by atoms with van der Waals surface area (Å²) in [5.74, 6) is -0.649. The lowest BCUT2D eigenvalue weighted by molar-refractivity contribution is -0.141. The van der Waals surface area contributed by atoms with E-state index in [0.717, 1.165) is 15.6 Å². The highest BCUT2D eigenvalue weighted by Gasteiger charge is 2.19. The van der Waals surface area contributed by atoms with Gasteiger partial charge < -0.3 is 14.6 Å². The summed E-state index contributed by atoms with van der Waals surface area (Å²) in [4.78, 5) is 23.9. The molecule has 1 unspecified atom stereocenters. The van der Waals surface area contributed by atoms with E-state index in [-0.39, 0.29) is 12.2 Å². The summed E-state index contributed by atoms with van der Waals surface area (Å²) in [5, 5.41) is 9.86. The Morgan fingerprint density at radius 2 is 1.85 bits per heavy atom. The van der Waals surface area contributed by atoms with E-state index in [9.17, 15) is 9.59 Å². The summed E-state index contributed by atoms with van der Waals surface area (Å²) < 4.78 is 12.2. The van der Waals surface area contributed by atoms with E-state index in [1.54, 1.807) is 13.2 Å². The van der Waals surface area contributed by atoms with Crippen molar-refractivity contribution in [2.45, 2.75) is 20.0 Å². The molecule has 1 atom stereocenters. The van der Waals surface area contributed by atoms with Crippen LogP contribution in [0.3, 0.4) is 0 Å². The summed E-state index contributed by atoms with van der Waals surface area (Å²) in [5.41, 5.74) is 1.05. The molecule has 2 aromatic carbocycles. The normalized spacial score (nSPS) is 11.9. The minimum atomic E-state index is -0.970. The minimum absolute atomic E-state index is 0.0172. The summed E-state index contributed by atoms with van der Waals surface area (Å²) >= 11 is 1.34. The van der Waals surface area contributed by atoms with E-state index >= 15 is 0 Å². The third-order valence-electron chi connectivity index (χ3n) is 4.23. The number of Topliss-reactive ketones (excluding diaryl/α,β-unsaturated/α-hetero) is 1. The lowest BCUT2D eigenvalue weighted by Gasteiger charge is -2.11. The predicted octanol–water partition coefficient (Wildman–Crippen LogP) is 4.78. The second kappa shape index (κ2) is 8.22. The number of carbonyl (C=O) groups is 2. The predicted molar refractivity (Wildman–Crippen MR) is 105 cm³/mol. The van der Waals surface area contributed by atoms with E-state index in [4.69, 9.17) is 14.6 Å². The minimum Gasteiger partial charge on any atom is -0.493 e. The quantitative estimate of drug-likeness (QED) is 0.566. The van der Waals surface area contributed by atoms with Crippen molar-refractivity contribution >= 4 is 33.2 Å². The van der Waals surface area contributed by atoms with Gasteiger partial charge in [-0.05, 0) is 23.1 Å². The van der Waals surface area contributed by atoms with Gasteiger partial charge in [-0.1, -0.05) is 37.3 Å². The Hall–Kier alpha value is -2.86. The monoisotopic (exact) mass is 384 g/mol. The van der Waals surface area contributed by atoms with Crippen molar-refractivity contribution in [2.24, 2.45) is 5.92 Å². The number of ketones is 1.